The van der Waals surface area contributed by atoms with Crippen LogP contribution in [0.5, 0.6) is 0 Å². The third kappa shape index (κ3) is 4.69. The van der Waals surface area contributed by atoms with E-state index in [0.717, 1.165) is 44.3 Å². The molecule has 1 aromatic carbocycles. The fourth-order valence-electron chi connectivity index (χ4n) is 3.19. The first-order chi connectivity index (χ1) is 11.6. The van der Waals surface area contributed by atoms with Crippen LogP contribution in [0.15, 0.2) is 40.8 Å². The molecular weight excluding hydrogens is 300 g/mol. The van der Waals surface area contributed by atoms with Gasteiger partial charge in [0.25, 0.3) is 0 Å². The van der Waals surface area contributed by atoms with Gasteiger partial charge in [0.2, 0.25) is 0 Å². The molecule has 2 aromatic rings. The molecule has 24 heavy (non-hydrogen) atoms. The molecule has 1 fully saturated rings. The summed E-state index contributed by atoms with van der Waals surface area (Å²) in [4.78, 5) is 2.47. The molecule has 4 heteroatoms. The summed E-state index contributed by atoms with van der Waals surface area (Å²) in [7, 11) is 0. The molecular formula is C20H28N2O2. The minimum absolute atomic E-state index is 0.211. The normalized spacial score (nSPS) is 20.2. The Morgan fingerprint density at radius 2 is 2.08 bits per heavy atom. The number of furan rings is 1. The molecule has 4 nitrogen and oxygen atoms in total. The van der Waals surface area contributed by atoms with Crippen molar-refractivity contribution in [2.75, 3.05) is 19.7 Å². The molecule has 1 N–H and O–H groups in total. The molecule has 2 heterocycles. The van der Waals surface area contributed by atoms with E-state index in [9.17, 15) is 0 Å². The molecule has 3 rings (SSSR count). The molecule has 1 aromatic heterocycles. The Kier molecular flexibility index (Phi) is 5.72. The third-order valence-corrected chi connectivity index (χ3v) is 4.52. The topological polar surface area (TPSA) is 37.6 Å². The lowest BCUT2D eigenvalue weighted by Crippen LogP contribution is -2.40. The molecule has 1 aliphatic heterocycles. The number of hydrogen-bond acceptors (Lipinski definition) is 4. The summed E-state index contributed by atoms with van der Waals surface area (Å²) in [6.45, 7) is 11.0. The van der Waals surface area contributed by atoms with Gasteiger partial charge in [-0.2, -0.15) is 0 Å². The highest BCUT2D eigenvalue weighted by molar-refractivity contribution is 5.23. The summed E-state index contributed by atoms with van der Waals surface area (Å²) < 4.78 is 11.3. The molecule has 0 amide bonds. The maximum absolute atomic E-state index is 5.69. The fourth-order valence-corrected chi connectivity index (χ4v) is 3.19. The smallest absolute Gasteiger partial charge is 0.120 e. The summed E-state index contributed by atoms with van der Waals surface area (Å²) in [6, 6.07) is 13.1. The molecule has 0 radical (unpaired) electrons. The van der Waals surface area contributed by atoms with Crippen molar-refractivity contribution in [2.24, 2.45) is 0 Å². The molecule has 1 saturated heterocycles. The van der Waals surface area contributed by atoms with Gasteiger partial charge in [0.15, 0.2) is 0 Å². The quantitative estimate of drug-likeness (QED) is 0.878. The van der Waals surface area contributed by atoms with Crippen LogP contribution in [0.25, 0.3) is 0 Å². The summed E-state index contributed by atoms with van der Waals surface area (Å²) >= 11 is 0. The number of morpholine rings is 1. The van der Waals surface area contributed by atoms with Gasteiger partial charge in [0.05, 0.1) is 18.8 Å². The van der Waals surface area contributed by atoms with Gasteiger partial charge in [0.1, 0.15) is 11.5 Å². The number of benzene rings is 1. The SMILES string of the molecule is Cc1ccc([C@H](C)NCc2cccc(CN3CCO[C@H](C)C3)c2)o1. The lowest BCUT2D eigenvalue weighted by Gasteiger charge is -2.31. The van der Waals surface area contributed by atoms with Crippen molar-refractivity contribution in [3.63, 3.8) is 0 Å². The van der Waals surface area contributed by atoms with Crippen LogP contribution in [-0.2, 0) is 17.8 Å². The van der Waals surface area contributed by atoms with E-state index in [0.29, 0.717) is 6.10 Å². The summed E-state index contributed by atoms with van der Waals surface area (Å²) in [5.74, 6) is 1.95. The van der Waals surface area contributed by atoms with Gasteiger partial charge in [-0.25, -0.2) is 0 Å². The minimum atomic E-state index is 0.211. The number of aryl methyl sites for hydroxylation is 1. The van der Waals surface area contributed by atoms with Crippen molar-refractivity contribution in [2.45, 2.75) is 46.0 Å². The Labute approximate surface area is 144 Å². The van der Waals surface area contributed by atoms with Gasteiger partial charge in [-0.05, 0) is 44.0 Å². The number of nitrogens with one attached hydrogen (secondary N) is 1. The van der Waals surface area contributed by atoms with Crippen LogP contribution in [0.3, 0.4) is 0 Å². The van der Waals surface area contributed by atoms with Gasteiger partial charge in [0, 0.05) is 26.2 Å². The van der Waals surface area contributed by atoms with E-state index in [-0.39, 0.29) is 6.04 Å². The highest BCUT2D eigenvalue weighted by Crippen LogP contribution is 2.17. The Morgan fingerprint density at radius 1 is 1.25 bits per heavy atom. The fraction of sp³-hybridized carbons (Fsp3) is 0.500. The predicted molar refractivity (Wildman–Crippen MR) is 95.8 cm³/mol. The van der Waals surface area contributed by atoms with E-state index in [1.54, 1.807) is 0 Å². The van der Waals surface area contributed by atoms with Crippen LogP contribution >= 0.6 is 0 Å². The van der Waals surface area contributed by atoms with E-state index >= 15 is 0 Å². The number of hydrogen-bond donors (Lipinski definition) is 1. The average Bonchev–Trinajstić information content (AvgIpc) is 3.00. The zero-order valence-electron chi connectivity index (χ0n) is 14.9. The molecule has 0 spiro atoms. The molecule has 0 bridgehead atoms. The Hall–Kier alpha value is -1.62. The number of ether oxygens (including phenoxy) is 1. The molecule has 0 aliphatic carbocycles. The second-order valence-corrected chi connectivity index (χ2v) is 6.79. The van der Waals surface area contributed by atoms with Crippen LogP contribution in [0.2, 0.25) is 0 Å². The zero-order valence-corrected chi connectivity index (χ0v) is 14.9. The standard InChI is InChI=1S/C20H28N2O2/c1-15-7-8-20(24-15)17(3)21-12-18-5-4-6-19(11-18)14-22-9-10-23-16(2)13-22/h4-8,11,16-17,21H,9-10,12-14H2,1-3H3/t16-,17+/m1/s1. The molecule has 1 aliphatic rings. The second kappa shape index (κ2) is 7.97. The van der Waals surface area contributed by atoms with Crippen molar-refractivity contribution in [1.29, 1.82) is 0 Å². The van der Waals surface area contributed by atoms with E-state index in [1.807, 2.05) is 19.1 Å². The first-order valence-electron chi connectivity index (χ1n) is 8.81. The molecule has 2 atom stereocenters. The van der Waals surface area contributed by atoms with Crippen molar-refractivity contribution < 1.29 is 9.15 Å². The third-order valence-electron chi connectivity index (χ3n) is 4.52. The van der Waals surface area contributed by atoms with Crippen molar-refractivity contribution in [3.05, 3.63) is 59.0 Å². The Balaban J connectivity index is 1.55. The first kappa shape index (κ1) is 17.2. The van der Waals surface area contributed by atoms with Crippen LogP contribution in [0.1, 0.15) is 42.5 Å². The van der Waals surface area contributed by atoms with Gasteiger partial charge in [-0.3, -0.25) is 4.90 Å². The summed E-state index contributed by atoms with van der Waals surface area (Å²) in [5, 5.41) is 3.54. The second-order valence-electron chi connectivity index (χ2n) is 6.79. The Bertz CT molecular complexity index is 653. The van der Waals surface area contributed by atoms with E-state index in [4.69, 9.17) is 9.15 Å². The first-order valence-corrected chi connectivity index (χ1v) is 8.81. The minimum Gasteiger partial charge on any atom is -0.465 e. The van der Waals surface area contributed by atoms with Gasteiger partial charge in [-0.1, -0.05) is 24.3 Å². The maximum Gasteiger partial charge on any atom is 0.120 e. The summed E-state index contributed by atoms with van der Waals surface area (Å²) in [6.07, 6.45) is 0.334. The lowest BCUT2D eigenvalue weighted by molar-refractivity contribution is -0.0212. The van der Waals surface area contributed by atoms with Crippen molar-refractivity contribution in [3.8, 4) is 0 Å². The lowest BCUT2D eigenvalue weighted by atomic mass is 10.1. The van der Waals surface area contributed by atoms with Crippen molar-refractivity contribution >= 4 is 0 Å². The van der Waals surface area contributed by atoms with Crippen LogP contribution in [-0.4, -0.2) is 30.7 Å². The molecule has 130 valence electrons. The van der Waals surface area contributed by atoms with Gasteiger partial charge >= 0.3 is 0 Å². The number of rotatable bonds is 6. The van der Waals surface area contributed by atoms with Gasteiger partial charge in [-0.15, -0.1) is 0 Å². The van der Waals surface area contributed by atoms with Gasteiger partial charge < -0.3 is 14.5 Å². The average molecular weight is 328 g/mol. The molecule has 0 saturated carbocycles. The maximum atomic E-state index is 5.69. The molecule has 0 unspecified atom stereocenters. The van der Waals surface area contributed by atoms with E-state index < -0.39 is 0 Å². The zero-order chi connectivity index (χ0) is 16.9. The monoisotopic (exact) mass is 328 g/mol. The predicted octanol–water partition coefficient (Wildman–Crippen LogP) is 3.66. The van der Waals surface area contributed by atoms with Crippen molar-refractivity contribution in [1.82, 2.24) is 10.2 Å². The van der Waals surface area contributed by atoms with Crippen LogP contribution < -0.4 is 5.32 Å². The largest absolute Gasteiger partial charge is 0.465 e. The van der Waals surface area contributed by atoms with Crippen LogP contribution in [0.4, 0.5) is 0 Å². The Morgan fingerprint density at radius 3 is 2.83 bits per heavy atom. The van der Waals surface area contributed by atoms with E-state index in [1.165, 1.54) is 11.1 Å². The highest BCUT2D eigenvalue weighted by atomic mass is 16.5. The van der Waals surface area contributed by atoms with E-state index in [2.05, 4.69) is 48.3 Å². The number of nitrogens with zero attached hydrogens (tertiary/aromatic N) is 1. The van der Waals surface area contributed by atoms with Crippen LogP contribution in [0, 0.1) is 6.92 Å². The highest BCUT2D eigenvalue weighted by Gasteiger charge is 2.16. The summed E-state index contributed by atoms with van der Waals surface area (Å²) in [5.41, 5.74) is 2.67.